The van der Waals surface area contributed by atoms with Gasteiger partial charge >= 0.3 is 0 Å². The van der Waals surface area contributed by atoms with Gasteiger partial charge in [0.05, 0.1) is 9.50 Å². The van der Waals surface area contributed by atoms with E-state index in [0.717, 1.165) is 11.1 Å². The van der Waals surface area contributed by atoms with Gasteiger partial charge in [0.15, 0.2) is 17.2 Å². The Hall–Kier alpha value is -3.47. The number of nitrogens with one attached hydrogen (secondary N) is 1. The van der Waals surface area contributed by atoms with Gasteiger partial charge in [0.1, 0.15) is 18.2 Å². The highest BCUT2D eigenvalue weighted by molar-refractivity contribution is 9.10. The summed E-state index contributed by atoms with van der Waals surface area (Å²) >= 11 is 9.91. The fourth-order valence-electron chi connectivity index (χ4n) is 3.21. The van der Waals surface area contributed by atoms with Gasteiger partial charge in [-0.1, -0.05) is 35.9 Å². The summed E-state index contributed by atoms with van der Waals surface area (Å²) in [6, 6.07) is 18.2. The van der Waals surface area contributed by atoms with Crippen LogP contribution >= 0.6 is 27.5 Å². The molecule has 0 unspecified atom stereocenters. The molecular weight excluding hydrogens is 508 g/mol. The van der Waals surface area contributed by atoms with Crippen LogP contribution in [0, 0.1) is 18.3 Å². The molecule has 0 radical (unpaired) electrons. The fourth-order valence-corrected chi connectivity index (χ4v) is 4.19. The molecule has 0 spiro atoms. The molecule has 6 nitrogen and oxygen atoms in total. The number of halogens is 2. The first-order valence-electron chi connectivity index (χ1n) is 9.94. The average molecular weight is 526 g/mol. The van der Waals surface area contributed by atoms with Crippen LogP contribution < -0.4 is 19.5 Å². The lowest BCUT2D eigenvalue weighted by molar-refractivity contribution is -0.112. The van der Waals surface area contributed by atoms with Crippen molar-refractivity contribution in [1.82, 2.24) is 0 Å². The van der Waals surface area contributed by atoms with Crippen LogP contribution in [0.3, 0.4) is 0 Å². The van der Waals surface area contributed by atoms with Crippen molar-refractivity contribution in [2.24, 2.45) is 0 Å². The number of amides is 1. The van der Waals surface area contributed by atoms with Crippen molar-refractivity contribution in [3.63, 3.8) is 0 Å². The van der Waals surface area contributed by atoms with Crippen LogP contribution in [0.5, 0.6) is 17.2 Å². The summed E-state index contributed by atoms with van der Waals surface area (Å²) < 4.78 is 17.2. The number of anilines is 1. The molecule has 4 rings (SSSR count). The molecule has 1 heterocycles. The summed E-state index contributed by atoms with van der Waals surface area (Å²) in [7, 11) is 0. The maximum Gasteiger partial charge on any atom is 0.266 e. The number of nitrogens with zero attached hydrogens (tertiary/aromatic N) is 1. The molecule has 0 aliphatic carbocycles. The van der Waals surface area contributed by atoms with Gasteiger partial charge in [-0.15, -0.1) is 0 Å². The van der Waals surface area contributed by atoms with Gasteiger partial charge in [0.2, 0.25) is 6.79 Å². The Morgan fingerprint density at radius 3 is 2.76 bits per heavy atom. The molecule has 0 fully saturated rings. The minimum atomic E-state index is -0.498. The molecule has 0 aromatic heterocycles. The first-order valence-corrected chi connectivity index (χ1v) is 11.1. The summed E-state index contributed by atoms with van der Waals surface area (Å²) in [5.74, 6) is 1.33. The first kappa shape index (κ1) is 22.7. The predicted octanol–water partition coefficient (Wildman–Crippen LogP) is 6.26. The third kappa shape index (κ3) is 5.30. The maximum atomic E-state index is 12.6. The quantitative estimate of drug-likeness (QED) is 0.303. The van der Waals surface area contributed by atoms with E-state index in [1.807, 2.05) is 49.4 Å². The lowest BCUT2D eigenvalue weighted by Crippen LogP contribution is -2.14. The second-order valence-corrected chi connectivity index (χ2v) is 8.49. The number of rotatable bonds is 6. The van der Waals surface area contributed by atoms with E-state index in [1.54, 1.807) is 18.2 Å². The number of aryl methyl sites for hydroxylation is 1. The Balaban J connectivity index is 1.49. The minimum absolute atomic E-state index is 0.0461. The minimum Gasteiger partial charge on any atom is -0.486 e. The van der Waals surface area contributed by atoms with Gasteiger partial charge in [-0.25, -0.2) is 0 Å². The Morgan fingerprint density at radius 2 is 2.00 bits per heavy atom. The molecule has 8 heteroatoms. The SMILES string of the molecule is Cc1ccccc1NC(=O)/C(C#N)=C\c1cc(Cl)c(OCc2ccc3c(c2)OCO3)c(Br)c1. The first-order chi connectivity index (χ1) is 15.9. The molecule has 3 aromatic carbocycles. The molecule has 166 valence electrons. The highest BCUT2D eigenvalue weighted by Crippen LogP contribution is 2.37. The predicted molar refractivity (Wildman–Crippen MR) is 129 cm³/mol. The van der Waals surface area contributed by atoms with Crippen molar-refractivity contribution in [3.05, 3.63) is 86.4 Å². The summed E-state index contributed by atoms with van der Waals surface area (Å²) in [6.45, 7) is 2.36. The van der Waals surface area contributed by atoms with E-state index in [2.05, 4.69) is 21.2 Å². The summed E-state index contributed by atoms with van der Waals surface area (Å²) in [5.41, 5.74) is 2.98. The molecule has 1 N–H and O–H groups in total. The van der Waals surface area contributed by atoms with Crippen LogP contribution in [0.2, 0.25) is 5.02 Å². The number of nitriles is 1. The highest BCUT2D eigenvalue weighted by Gasteiger charge is 2.16. The van der Waals surface area contributed by atoms with Gasteiger partial charge < -0.3 is 19.5 Å². The zero-order chi connectivity index (χ0) is 23.4. The van der Waals surface area contributed by atoms with E-state index in [-0.39, 0.29) is 19.0 Å². The third-order valence-electron chi connectivity index (χ3n) is 4.91. The number of hydrogen-bond acceptors (Lipinski definition) is 5. The monoisotopic (exact) mass is 524 g/mol. The molecule has 33 heavy (non-hydrogen) atoms. The topological polar surface area (TPSA) is 80.6 Å². The second-order valence-electron chi connectivity index (χ2n) is 7.23. The average Bonchev–Trinajstić information content (AvgIpc) is 3.26. The summed E-state index contributed by atoms with van der Waals surface area (Å²) in [4.78, 5) is 12.6. The Kier molecular flexibility index (Phi) is 6.87. The Bertz CT molecular complexity index is 1280. The van der Waals surface area contributed by atoms with Gasteiger partial charge in [-0.2, -0.15) is 5.26 Å². The van der Waals surface area contributed by atoms with Crippen molar-refractivity contribution in [3.8, 4) is 23.3 Å². The van der Waals surface area contributed by atoms with Gasteiger partial charge in [0.25, 0.3) is 5.91 Å². The van der Waals surface area contributed by atoms with Crippen LogP contribution in [0.1, 0.15) is 16.7 Å². The third-order valence-corrected chi connectivity index (χ3v) is 5.78. The number of benzene rings is 3. The molecule has 0 bridgehead atoms. The number of carbonyl (C=O) groups is 1. The van der Waals surface area contributed by atoms with E-state index in [4.69, 9.17) is 25.8 Å². The molecule has 1 aliphatic rings. The largest absolute Gasteiger partial charge is 0.486 e. The van der Waals surface area contributed by atoms with Crippen LogP contribution in [0.15, 0.2) is 64.6 Å². The number of ether oxygens (including phenoxy) is 3. The van der Waals surface area contributed by atoms with Crippen molar-refractivity contribution in [2.75, 3.05) is 12.1 Å². The zero-order valence-corrected chi connectivity index (χ0v) is 19.9. The van der Waals surface area contributed by atoms with Crippen LogP contribution in [0.25, 0.3) is 6.08 Å². The molecular formula is C25H18BrClN2O4. The highest BCUT2D eigenvalue weighted by atomic mass is 79.9. The number of para-hydroxylation sites is 1. The normalized spacial score (nSPS) is 12.2. The van der Waals surface area contributed by atoms with Gasteiger partial charge in [0, 0.05) is 5.69 Å². The lowest BCUT2D eigenvalue weighted by atomic mass is 10.1. The van der Waals surface area contributed by atoms with Crippen LogP contribution in [0.4, 0.5) is 5.69 Å². The molecule has 0 saturated heterocycles. The lowest BCUT2D eigenvalue weighted by Gasteiger charge is -2.12. The molecule has 0 saturated carbocycles. The Morgan fingerprint density at radius 1 is 1.21 bits per heavy atom. The van der Waals surface area contributed by atoms with E-state index >= 15 is 0 Å². The van der Waals surface area contributed by atoms with Crippen molar-refractivity contribution < 1.29 is 19.0 Å². The van der Waals surface area contributed by atoms with Crippen LogP contribution in [-0.4, -0.2) is 12.7 Å². The number of hydrogen-bond donors (Lipinski definition) is 1. The van der Waals surface area contributed by atoms with Crippen molar-refractivity contribution in [1.29, 1.82) is 5.26 Å². The van der Waals surface area contributed by atoms with E-state index in [9.17, 15) is 10.1 Å². The van der Waals surface area contributed by atoms with E-state index in [1.165, 1.54) is 6.08 Å². The number of carbonyl (C=O) groups excluding carboxylic acids is 1. The maximum absolute atomic E-state index is 12.6. The van der Waals surface area contributed by atoms with E-state index in [0.29, 0.717) is 38.0 Å². The summed E-state index contributed by atoms with van der Waals surface area (Å²) in [5, 5.41) is 12.6. The second kappa shape index (κ2) is 9.99. The fraction of sp³-hybridized carbons (Fsp3) is 0.120. The molecule has 0 atom stereocenters. The summed E-state index contributed by atoms with van der Waals surface area (Å²) in [6.07, 6.45) is 1.48. The number of fused-ring (bicyclic) bond motifs is 1. The van der Waals surface area contributed by atoms with Crippen molar-refractivity contribution >= 4 is 45.2 Å². The van der Waals surface area contributed by atoms with Gasteiger partial charge in [-0.3, -0.25) is 4.79 Å². The molecule has 3 aromatic rings. The van der Waals surface area contributed by atoms with Crippen molar-refractivity contribution in [2.45, 2.75) is 13.5 Å². The van der Waals surface area contributed by atoms with Crippen LogP contribution in [-0.2, 0) is 11.4 Å². The molecule has 1 aliphatic heterocycles. The standard InChI is InChI=1S/C25H18BrClN2O4/c1-15-4-2-3-5-21(15)29-25(30)18(12-28)8-17-9-19(26)24(20(27)10-17)31-13-16-6-7-22-23(11-16)33-14-32-22/h2-11H,13-14H2,1H3,(H,29,30)/b18-8-. The zero-order valence-electron chi connectivity index (χ0n) is 17.5. The molecule has 1 amide bonds. The smallest absolute Gasteiger partial charge is 0.266 e. The Labute approximate surface area is 204 Å². The van der Waals surface area contributed by atoms with Gasteiger partial charge in [-0.05, 0) is 76.0 Å². The van der Waals surface area contributed by atoms with E-state index < -0.39 is 5.91 Å².